The highest BCUT2D eigenvalue weighted by molar-refractivity contribution is 6.70. The number of hydrogen-bond donors (Lipinski definition) is 0. The van der Waals surface area contributed by atoms with Crippen molar-refractivity contribution in [1.82, 2.24) is 0 Å². The van der Waals surface area contributed by atoms with Crippen LogP contribution in [0.3, 0.4) is 0 Å². The maximum atomic E-state index is 6.09. The molecule has 0 bridgehead atoms. The van der Waals surface area contributed by atoms with Crippen molar-refractivity contribution in [2.24, 2.45) is 0 Å². The summed E-state index contributed by atoms with van der Waals surface area (Å²) in [6.45, 7) is 3.20. The zero-order chi connectivity index (χ0) is 11.7. The molecule has 0 N–H and O–H groups in total. The van der Waals surface area contributed by atoms with Crippen LogP contribution in [0.25, 0.3) is 10.8 Å². The molecule has 0 aromatic heterocycles. The first-order chi connectivity index (χ1) is 8.36. The molecule has 1 aliphatic heterocycles. The van der Waals surface area contributed by atoms with Gasteiger partial charge in [0.15, 0.2) is 0 Å². The molecule has 88 valence electrons. The normalized spacial score (nSPS) is 20.6. The lowest BCUT2D eigenvalue weighted by Crippen LogP contribution is -2.38. The van der Waals surface area contributed by atoms with E-state index < -0.39 is 9.04 Å². The number of benzene rings is 2. The minimum atomic E-state index is -1.17. The standard InChI is InChI=1S/C15H18OSi/c1-12-8-9-13-6-2-3-7-14(13)15(12)17-11-5-4-10-16-17/h2-3,6-9,17H,4-5,10-11H2,1H3. The molecule has 1 atom stereocenters. The van der Waals surface area contributed by atoms with E-state index in [0.717, 1.165) is 6.61 Å². The Balaban J connectivity index is 2.15. The van der Waals surface area contributed by atoms with Gasteiger partial charge >= 0.3 is 0 Å². The third-order valence-corrected chi connectivity index (χ3v) is 6.67. The lowest BCUT2D eigenvalue weighted by Gasteiger charge is -2.24. The Morgan fingerprint density at radius 1 is 1.06 bits per heavy atom. The Labute approximate surface area is 104 Å². The summed E-state index contributed by atoms with van der Waals surface area (Å²) in [5.41, 5.74) is 1.42. The third-order valence-electron chi connectivity index (χ3n) is 3.69. The van der Waals surface area contributed by atoms with E-state index in [1.807, 2.05) is 0 Å². The highest BCUT2D eigenvalue weighted by Gasteiger charge is 2.22. The van der Waals surface area contributed by atoms with Crippen LogP contribution in [0.4, 0.5) is 0 Å². The van der Waals surface area contributed by atoms with Crippen molar-refractivity contribution in [3.8, 4) is 0 Å². The van der Waals surface area contributed by atoms with Gasteiger partial charge in [-0.3, -0.25) is 0 Å². The van der Waals surface area contributed by atoms with Crippen LogP contribution in [0.2, 0.25) is 6.04 Å². The number of fused-ring (bicyclic) bond motifs is 1. The fourth-order valence-corrected chi connectivity index (χ4v) is 5.75. The molecule has 1 unspecified atom stereocenters. The lowest BCUT2D eigenvalue weighted by molar-refractivity contribution is 0.295. The monoisotopic (exact) mass is 242 g/mol. The molecule has 0 radical (unpaired) electrons. The molecule has 17 heavy (non-hydrogen) atoms. The van der Waals surface area contributed by atoms with E-state index in [4.69, 9.17) is 4.43 Å². The number of hydrogen-bond acceptors (Lipinski definition) is 1. The molecule has 2 aromatic rings. The molecular weight excluding hydrogens is 224 g/mol. The van der Waals surface area contributed by atoms with Crippen LogP contribution >= 0.6 is 0 Å². The van der Waals surface area contributed by atoms with E-state index >= 15 is 0 Å². The second-order valence-electron chi connectivity index (χ2n) is 4.87. The highest BCUT2D eigenvalue weighted by Crippen LogP contribution is 2.19. The number of rotatable bonds is 1. The van der Waals surface area contributed by atoms with Crippen molar-refractivity contribution in [3.05, 3.63) is 42.0 Å². The summed E-state index contributed by atoms with van der Waals surface area (Å²) < 4.78 is 6.09. The second-order valence-corrected chi connectivity index (χ2v) is 7.34. The molecule has 3 rings (SSSR count). The highest BCUT2D eigenvalue weighted by atomic mass is 28.3. The van der Waals surface area contributed by atoms with Gasteiger partial charge in [0.25, 0.3) is 0 Å². The van der Waals surface area contributed by atoms with Crippen molar-refractivity contribution >= 4 is 25.0 Å². The molecule has 1 fully saturated rings. The van der Waals surface area contributed by atoms with Crippen LogP contribution in [0, 0.1) is 6.92 Å². The minimum absolute atomic E-state index is 0.972. The largest absolute Gasteiger partial charge is 0.415 e. The number of aryl methyl sites for hydroxylation is 1. The zero-order valence-electron chi connectivity index (χ0n) is 10.3. The van der Waals surface area contributed by atoms with Crippen molar-refractivity contribution in [2.45, 2.75) is 25.8 Å². The van der Waals surface area contributed by atoms with Gasteiger partial charge in [0.1, 0.15) is 0 Å². The van der Waals surface area contributed by atoms with E-state index in [0.29, 0.717) is 0 Å². The predicted molar refractivity (Wildman–Crippen MR) is 75.5 cm³/mol. The Morgan fingerprint density at radius 3 is 2.76 bits per heavy atom. The van der Waals surface area contributed by atoms with Crippen LogP contribution in [-0.4, -0.2) is 15.6 Å². The Bertz CT molecular complexity index is 529. The van der Waals surface area contributed by atoms with Crippen LogP contribution in [-0.2, 0) is 4.43 Å². The van der Waals surface area contributed by atoms with Crippen molar-refractivity contribution in [1.29, 1.82) is 0 Å². The molecule has 0 saturated carbocycles. The van der Waals surface area contributed by atoms with Gasteiger partial charge in [-0.05, 0) is 40.9 Å². The van der Waals surface area contributed by atoms with Crippen molar-refractivity contribution < 1.29 is 4.43 Å². The molecule has 1 heterocycles. The third kappa shape index (κ3) is 2.03. The summed E-state index contributed by atoms with van der Waals surface area (Å²) in [7, 11) is -1.17. The smallest absolute Gasteiger partial charge is 0.209 e. The van der Waals surface area contributed by atoms with E-state index in [9.17, 15) is 0 Å². The minimum Gasteiger partial charge on any atom is -0.415 e. The van der Waals surface area contributed by atoms with E-state index in [1.165, 1.54) is 35.2 Å². The molecule has 1 aliphatic rings. The summed E-state index contributed by atoms with van der Waals surface area (Å²) in [6.07, 6.45) is 2.59. The average molecular weight is 242 g/mol. The maximum Gasteiger partial charge on any atom is 0.209 e. The van der Waals surface area contributed by atoms with Gasteiger partial charge in [0.2, 0.25) is 9.04 Å². The van der Waals surface area contributed by atoms with E-state index in [2.05, 4.69) is 43.3 Å². The summed E-state index contributed by atoms with van der Waals surface area (Å²) in [5, 5.41) is 4.32. The van der Waals surface area contributed by atoms with Gasteiger partial charge < -0.3 is 4.43 Å². The Morgan fingerprint density at radius 2 is 1.94 bits per heavy atom. The molecule has 0 spiro atoms. The van der Waals surface area contributed by atoms with Gasteiger partial charge in [0.05, 0.1) is 0 Å². The average Bonchev–Trinajstić information content (AvgIpc) is 2.39. The predicted octanol–water partition coefficient (Wildman–Crippen LogP) is 2.89. The van der Waals surface area contributed by atoms with Gasteiger partial charge in [-0.15, -0.1) is 0 Å². The first-order valence-corrected chi connectivity index (χ1v) is 8.32. The van der Waals surface area contributed by atoms with E-state index in [1.54, 1.807) is 5.19 Å². The second kappa shape index (κ2) is 4.63. The molecular formula is C15H18OSi. The first-order valence-electron chi connectivity index (χ1n) is 6.46. The zero-order valence-corrected chi connectivity index (χ0v) is 11.4. The van der Waals surface area contributed by atoms with Crippen molar-refractivity contribution in [3.63, 3.8) is 0 Å². The van der Waals surface area contributed by atoms with Crippen molar-refractivity contribution in [2.75, 3.05) is 6.61 Å². The maximum absolute atomic E-state index is 6.09. The first kappa shape index (κ1) is 11.0. The molecule has 1 saturated heterocycles. The fourth-order valence-electron chi connectivity index (χ4n) is 2.80. The van der Waals surface area contributed by atoms with Crippen LogP contribution in [0.1, 0.15) is 18.4 Å². The van der Waals surface area contributed by atoms with E-state index in [-0.39, 0.29) is 0 Å². The fraction of sp³-hybridized carbons (Fsp3) is 0.333. The van der Waals surface area contributed by atoms with Gasteiger partial charge in [0, 0.05) is 6.61 Å². The SMILES string of the molecule is Cc1ccc2ccccc2c1[SiH]1CCCCO1. The molecule has 0 amide bonds. The summed E-state index contributed by atoms with van der Waals surface area (Å²) in [5.74, 6) is 0. The Kier molecular flexibility index (Phi) is 2.99. The summed E-state index contributed by atoms with van der Waals surface area (Å²) in [4.78, 5) is 0. The van der Waals surface area contributed by atoms with Gasteiger partial charge in [-0.1, -0.05) is 42.8 Å². The molecule has 2 aromatic carbocycles. The van der Waals surface area contributed by atoms with Crippen LogP contribution < -0.4 is 5.19 Å². The summed E-state index contributed by atoms with van der Waals surface area (Å²) in [6, 6.07) is 14.5. The lowest BCUT2D eigenvalue weighted by atomic mass is 10.1. The van der Waals surface area contributed by atoms with Gasteiger partial charge in [-0.25, -0.2) is 0 Å². The molecule has 0 aliphatic carbocycles. The summed E-state index contributed by atoms with van der Waals surface area (Å²) >= 11 is 0. The Hall–Kier alpha value is -1.12. The van der Waals surface area contributed by atoms with Crippen LogP contribution in [0.5, 0.6) is 0 Å². The molecule has 2 heteroatoms. The molecule has 1 nitrogen and oxygen atoms in total. The topological polar surface area (TPSA) is 9.23 Å². The quantitative estimate of drug-likeness (QED) is 0.699. The van der Waals surface area contributed by atoms with Crippen LogP contribution in [0.15, 0.2) is 36.4 Å². The van der Waals surface area contributed by atoms with Gasteiger partial charge in [-0.2, -0.15) is 0 Å².